The molecule has 1 aromatic rings. The van der Waals surface area contributed by atoms with E-state index in [1.54, 1.807) is 46.1 Å². The summed E-state index contributed by atoms with van der Waals surface area (Å²) in [6, 6.07) is 7.17. The first-order valence-corrected chi connectivity index (χ1v) is 7.94. The van der Waals surface area contributed by atoms with Gasteiger partial charge in [0.25, 0.3) is 0 Å². The minimum atomic E-state index is -0.112. The Balaban J connectivity index is 1.92. The summed E-state index contributed by atoms with van der Waals surface area (Å²) in [7, 11) is 1.58. The van der Waals surface area contributed by atoms with E-state index in [1.165, 1.54) is 6.92 Å². The lowest BCUT2D eigenvalue weighted by atomic mass is 10.2. The molecule has 0 N–H and O–H groups in total. The van der Waals surface area contributed by atoms with Crippen LogP contribution < -0.4 is 9.64 Å². The number of carbonyl (C=O) groups excluding carboxylic acids is 3. The summed E-state index contributed by atoms with van der Waals surface area (Å²) in [5, 5.41) is 0. The molecule has 0 atom stereocenters. The van der Waals surface area contributed by atoms with Gasteiger partial charge in [-0.15, -0.1) is 0 Å². The van der Waals surface area contributed by atoms with Gasteiger partial charge in [0.1, 0.15) is 5.75 Å². The fourth-order valence-electron chi connectivity index (χ4n) is 2.67. The molecule has 1 fully saturated rings. The zero-order valence-electron chi connectivity index (χ0n) is 14.1. The minimum absolute atomic E-state index is 0.000288. The highest BCUT2D eigenvalue weighted by molar-refractivity contribution is 5.92. The molecule has 0 unspecified atom stereocenters. The summed E-state index contributed by atoms with van der Waals surface area (Å²) in [6.07, 6.45) is 1.07. The standard InChI is InChI=1S/C17H23N3O4/c1-14(22)20(15-3-5-16(24-2)6-4-15)8-7-17(23)19-11-9-18(13-21)10-12-19/h3-6,13H,7-12H2,1-2H3. The number of hydrogen-bond donors (Lipinski definition) is 0. The molecule has 1 heterocycles. The SMILES string of the molecule is COc1ccc(N(CCC(=O)N2CCN(C=O)CC2)C(C)=O)cc1. The van der Waals surface area contributed by atoms with E-state index < -0.39 is 0 Å². The smallest absolute Gasteiger partial charge is 0.224 e. The number of nitrogens with zero attached hydrogens (tertiary/aromatic N) is 3. The van der Waals surface area contributed by atoms with Crippen molar-refractivity contribution in [2.75, 3.05) is 44.7 Å². The number of benzene rings is 1. The first kappa shape index (κ1) is 17.8. The first-order chi connectivity index (χ1) is 11.5. The van der Waals surface area contributed by atoms with Crippen LogP contribution in [0.4, 0.5) is 5.69 Å². The molecule has 7 nitrogen and oxygen atoms in total. The van der Waals surface area contributed by atoms with E-state index in [9.17, 15) is 14.4 Å². The van der Waals surface area contributed by atoms with Crippen LogP contribution in [0.1, 0.15) is 13.3 Å². The second kappa shape index (κ2) is 8.33. The van der Waals surface area contributed by atoms with Gasteiger partial charge in [0, 0.05) is 51.8 Å². The van der Waals surface area contributed by atoms with Crippen LogP contribution in [0.2, 0.25) is 0 Å². The molecular formula is C17H23N3O4. The van der Waals surface area contributed by atoms with Gasteiger partial charge in [0.05, 0.1) is 7.11 Å². The number of hydrogen-bond acceptors (Lipinski definition) is 4. The Bertz CT molecular complexity index is 580. The van der Waals surface area contributed by atoms with Crippen molar-refractivity contribution < 1.29 is 19.1 Å². The van der Waals surface area contributed by atoms with E-state index in [2.05, 4.69) is 0 Å². The Morgan fingerprint density at radius 2 is 1.79 bits per heavy atom. The first-order valence-electron chi connectivity index (χ1n) is 7.94. The molecule has 2 rings (SSSR count). The molecule has 1 aliphatic heterocycles. The van der Waals surface area contributed by atoms with Gasteiger partial charge in [0.15, 0.2) is 0 Å². The topological polar surface area (TPSA) is 70.2 Å². The fourth-order valence-corrected chi connectivity index (χ4v) is 2.67. The van der Waals surface area contributed by atoms with Crippen LogP contribution >= 0.6 is 0 Å². The third-order valence-electron chi connectivity index (χ3n) is 4.13. The van der Waals surface area contributed by atoms with Crippen LogP contribution in [0.15, 0.2) is 24.3 Å². The van der Waals surface area contributed by atoms with Crippen LogP contribution in [-0.2, 0) is 14.4 Å². The van der Waals surface area contributed by atoms with Crippen molar-refractivity contribution in [3.8, 4) is 5.75 Å². The quantitative estimate of drug-likeness (QED) is 0.720. The Hall–Kier alpha value is -2.57. The van der Waals surface area contributed by atoms with E-state index >= 15 is 0 Å². The van der Waals surface area contributed by atoms with E-state index in [1.807, 2.05) is 0 Å². The largest absolute Gasteiger partial charge is 0.497 e. The Morgan fingerprint density at radius 3 is 2.29 bits per heavy atom. The minimum Gasteiger partial charge on any atom is -0.497 e. The van der Waals surface area contributed by atoms with Gasteiger partial charge in [-0.1, -0.05) is 0 Å². The van der Waals surface area contributed by atoms with Crippen LogP contribution in [-0.4, -0.2) is 67.9 Å². The Morgan fingerprint density at radius 1 is 1.17 bits per heavy atom. The van der Waals surface area contributed by atoms with Crippen LogP contribution in [0.5, 0.6) is 5.75 Å². The van der Waals surface area contributed by atoms with Crippen molar-refractivity contribution >= 4 is 23.9 Å². The van der Waals surface area contributed by atoms with Gasteiger partial charge in [0.2, 0.25) is 18.2 Å². The monoisotopic (exact) mass is 333 g/mol. The zero-order valence-corrected chi connectivity index (χ0v) is 14.1. The molecule has 0 bridgehead atoms. The normalized spacial score (nSPS) is 14.2. The van der Waals surface area contributed by atoms with Gasteiger partial charge in [-0.05, 0) is 24.3 Å². The molecule has 7 heteroatoms. The van der Waals surface area contributed by atoms with Gasteiger partial charge in [-0.25, -0.2) is 0 Å². The van der Waals surface area contributed by atoms with Gasteiger partial charge in [-0.2, -0.15) is 0 Å². The fraction of sp³-hybridized carbons (Fsp3) is 0.471. The van der Waals surface area contributed by atoms with Gasteiger partial charge < -0.3 is 19.4 Å². The third kappa shape index (κ3) is 4.47. The molecule has 0 radical (unpaired) electrons. The summed E-state index contributed by atoms with van der Waals surface area (Å²) in [6.45, 7) is 4.01. The van der Waals surface area contributed by atoms with E-state index in [0.29, 0.717) is 38.5 Å². The molecule has 1 aliphatic rings. The molecule has 0 aliphatic carbocycles. The van der Waals surface area contributed by atoms with Crippen molar-refractivity contribution in [2.24, 2.45) is 0 Å². The molecule has 3 amide bonds. The lowest BCUT2D eigenvalue weighted by Crippen LogP contribution is -2.48. The van der Waals surface area contributed by atoms with Gasteiger partial charge >= 0.3 is 0 Å². The van der Waals surface area contributed by atoms with E-state index in [0.717, 1.165) is 12.1 Å². The third-order valence-corrected chi connectivity index (χ3v) is 4.13. The number of rotatable bonds is 6. The van der Waals surface area contributed by atoms with Crippen LogP contribution in [0.3, 0.4) is 0 Å². The van der Waals surface area contributed by atoms with Crippen molar-refractivity contribution in [1.29, 1.82) is 0 Å². The number of carbonyl (C=O) groups is 3. The summed E-state index contributed by atoms with van der Waals surface area (Å²) in [5.74, 6) is 0.602. The molecule has 0 aromatic heterocycles. The molecule has 1 aromatic carbocycles. The number of anilines is 1. The summed E-state index contributed by atoms with van der Waals surface area (Å²) >= 11 is 0. The maximum absolute atomic E-state index is 12.3. The highest BCUT2D eigenvalue weighted by Gasteiger charge is 2.21. The molecular weight excluding hydrogens is 310 g/mol. The van der Waals surface area contributed by atoms with Crippen molar-refractivity contribution in [2.45, 2.75) is 13.3 Å². The number of piperazine rings is 1. The van der Waals surface area contributed by atoms with Gasteiger partial charge in [-0.3, -0.25) is 14.4 Å². The second-order valence-electron chi connectivity index (χ2n) is 5.64. The molecule has 0 saturated carbocycles. The lowest BCUT2D eigenvalue weighted by Gasteiger charge is -2.33. The highest BCUT2D eigenvalue weighted by atomic mass is 16.5. The summed E-state index contributed by atoms with van der Waals surface area (Å²) < 4.78 is 5.11. The highest BCUT2D eigenvalue weighted by Crippen LogP contribution is 2.20. The molecule has 1 saturated heterocycles. The number of methoxy groups -OCH3 is 1. The predicted octanol–water partition coefficient (Wildman–Crippen LogP) is 0.739. The molecule has 130 valence electrons. The number of ether oxygens (including phenoxy) is 1. The Labute approximate surface area is 141 Å². The average molecular weight is 333 g/mol. The van der Waals surface area contributed by atoms with Crippen LogP contribution in [0.25, 0.3) is 0 Å². The maximum Gasteiger partial charge on any atom is 0.224 e. The van der Waals surface area contributed by atoms with E-state index in [-0.39, 0.29) is 18.2 Å². The lowest BCUT2D eigenvalue weighted by molar-refractivity contribution is -0.135. The molecule has 0 spiro atoms. The van der Waals surface area contributed by atoms with Crippen LogP contribution in [0, 0.1) is 0 Å². The summed E-state index contributed by atoms with van der Waals surface area (Å²) in [4.78, 5) is 39.9. The zero-order chi connectivity index (χ0) is 17.5. The van der Waals surface area contributed by atoms with E-state index in [4.69, 9.17) is 4.74 Å². The number of amides is 3. The average Bonchev–Trinajstić information content (AvgIpc) is 2.62. The molecule has 24 heavy (non-hydrogen) atoms. The maximum atomic E-state index is 12.3. The Kier molecular flexibility index (Phi) is 6.17. The summed E-state index contributed by atoms with van der Waals surface area (Å²) in [5.41, 5.74) is 0.738. The van der Waals surface area contributed by atoms with Crippen molar-refractivity contribution in [1.82, 2.24) is 9.80 Å². The van der Waals surface area contributed by atoms with Crippen molar-refractivity contribution in [3.05, 3.63) is 24.3 Å². The predicted molar refractivity (Wildman–Crippen MR) is 89.9 cm³/mol. The van der Waals surface area contributed by atoms with Crippen molar-refractivity contribution in [3.63, 3.8) is 0 Å². The second-order valence-corrected chi connectivity index (χ2v) is 5.64.